The van der Waals surface area contributed by atoms with Crippen LogP contribution in [0, 0.1) is 13.8 Å². The zero-order valence-electron chi connectivity index (χ0n) is 16.2. The monoisotopic (exact) mass is 372 g/mol. The molecule has 3 aromatic carbocycles. The van der Waals surface area contributed by atoms with E-state index in [-0.39, 0.29) is 0 Å². The third-order valence-electron chi connectivity index (χ3n) is 5.22. The zero-order chi connectivity index (χ0) is 19.5. The van der Waals surface area contributed by atoms with Crippen LogP contribution in [-0.4, -0.2) is 12.6 Å². The number of carbonyl (C=O) groups is 1. The van der Waals surface area contributed by atoms with Crippen molar-refractivity contribution >= 4 is 17.5 Å². The van der Waals surface area contributed by atoms with Crippen molar-refractivity contribution in [1.29, 1.82) is 0 Å². The summed E-state index contributed by atoms with van der Waals surface area (Å²) in [5, 5.41) is 2.80. The van der Waals surface area contributed by atoms with Gasteiger partial charge in [-0.2, -0.15) is 0 Å². The summed E-state index contributed by atoms with van der Waals surface area (Å²) in [6.45, 7) is 5.93. The van der Waals surface area contributed by atoms with E-state index in [0.717, 1.165) is 30.8 Å². The average molecular weight is 372 g/mol. The van der Waals surface area contributed by atoms with Gasteiger partial charge in [0.1, 0.15) is 5.75 Å². The van der Waals surface area contributed by atoms with Crippen molar-refractivity contribution in [1.82, 2.24) is 0 Å². The number of aryl methyl sites for hydroxylation is 2. The van der Waals surface area contributed by atoms with Gasteiger partial charge < -0.3 is 9.64 Å². The summed E-state index contributed by atoms with van der Waals surface area (Å²) in [5.41, 5.74) is 6.79. The summed E-state index contributed by atoms with van der Waals surface area (Å²) >= 11 is 0. The van der Waals surface area contributed by atoms with E-state index in [0.29, 0.717) is 5.75 Å². The van der Waals surface area contributed by atoms with E-state index in [9.17, 15) is 4.79 Å². The number of anilines is 2. The number of hydrogen-bond acceptors (Lipinski definition) is 3. The molecular formula is C24H24N2O2. The molecule has 1 aliphatic rings. The van der Waals surface area contributed by atoms with Crippen molar-refractivity contribution in [2.24, 2.45) is 0 Å². The number of rotatable bonds is 4. The highest BCUT2D eigenvalue weighted by Gasteiger charge is 2.20. The van der Waals surface area contributed by atoms with Crippen LogP contribution in [0.5, 0.6) is 5.75 Å². The Morgan fingerprint density at radius 1 is 1.00 bits per heavy atom. The molecule has 0 aliphatic carbocycles. The maximum Gasteiger partial charge on any atom is 0.417 e. The van der Waals surface area contributed by atoms with Crippen LogP contribution >= 0.6 is 0 Å². The lowest BCUT2D eigenvalue weighted by Crippen LogP contribution is -2.19. The van der Waals surface area contributed by atoms with Crippen LogP contribution in [0.2, 0.25) is 0 Å². The molecular weight excluding hydrogens is 348 g/mol. The molecule has 1 heterocycles. The van der Waals surface area contributed by atoms with E-state index in [1.54, 1.807) is 0 Å². The Bertz CT molecular complexity index is 999. The van der Waals surface area contributed by atoms with E-state index in [4.69, 9.17) is 4.74 Å². The molecule has 4 nitrogen and oxygen atoms in total. The Morgan fingerprint density at radius 3 is 2.61 bits per heavy atom. The summed E-state index contributed by atoms with van der Waals surface area (Å²) in [6.07, 6.45) is 0.486. The molecule has 4 heteroatoms. The van der Waals surface area contributed by atoms with Crippen LogP contribution in [0.4, 0.5) is 16.2 Å². The third-order valence-corrected chi connectivity index (χ3v) is 5.22. The van der Waals surface area contributed by atoms with Gasteiger partial charge in [-0.05, 0) is 72.9 Å². The maximum atomic E-state index is 12.2. The Morgan fingerprint density at radius 2 is 1.82 bits per heavy atom. The minimum atomic E-state index is -0.470. The fraction of sp³-hybridized carbons (Fsp3) is 0.208. The van der Waals surface area contributed by atoms with E-state index in [1.807, 2.05) is 56.3 Å². The van der Waals surface area contributed by atoms with E-state index in [1.165, 1.54) is 22.4 Å². The quantitative estimate of drug-likeness (QED) is 0.660. The average Bonchev–Trinajstić information content (AvgIpc) is 3.07. The van der Waals surface area contributed by atoms with Crippen molar-refractivity contribution in [3.8, 4) is 5.75 Å². The first-order chi connectivity index (χ1) is 13.6. The predicted octanol–water partition coefficient (Wildman–Crippen LogP) is 5.48. The molecule has 142 valence electrons. The summed E-state index contributed by atoms with van der Waals surface area (Å²) in [7, 11) is 0. The van der Waals surface area contributed by atoms with E-state index in [2.05, 4.69) is 34.5 Å². The van der Waals surface area contributed by atoms with Gasteiger partial charge in [-0.15, -0.1) is 0 Å². The van der Waals surface area contributed by atoms with Crippen molar-refractivity contribution in [2.75, 3.05) is 16.8 Å². The lowest BCUT2D eigenvalue weighted by Gasteiger charge is -2.19. The first kappa shape index (κ1) is 18.1. The van der Waals surface area contributed by atoms with Gasteiger partial charge in [0.05, 0.1) is 0 Å². The van der Waals surface area contributed by atoms with Gasteiger partial charge in [-0.1, -0.05) is 36.4 Å². The normalized spacial score (nSPS) is 12.6. The molecule has 1 aliphatic heterocycles. The molecule has 0 atom stereocenters. The van der Waals surface area contributed by atoms with Crippen molar-refractivity contribution in [2.45, 2.75) is 26.8 Å². The van der Waals surface area contributed by atoms with Crippen LogP contribution in [0.15, 0.2) is 66.7 Å². The van der Waals surface area contributed by atoms with Gasteiger partial charge in [0.2, 0.25) is 0 Å². The molecule has 4 rings (SSSR count). The number of benzene rings is 3. The van der Waals surface area contributed by atoms with Crippen molar-refractivity contribution in [3.63, 3.8) is 0 Å². The standard InChI is InChI=1S/C24H24N2O2/c1-17-8-9-21(14-18(17)2)25-24(27)28-22-10-11-23-20(15-22)12-13-26(23)16-19-6-4-3-5-7-19/h3-11,14-15H,12-13,16H2,1-2H3,(H,25,27). The number of carbonyl (C=O) groups excluding carboxylic acids is 1. The number of nitrogens with one attached hydrogen (secondary N) is 1. The molecule has 0 unspecified atom stereocenters. The highest BCUT2D eigenvalue weighted by molar-refractivity contribution is 5.86. The Balaban J connectivity index is 1.41. The Kier molecular flexibility index (Phi) is 5.02. The molecule has 28 heavy (non-hydrogen) atoms. The molecule has 1 N–H and O–H groups in total. The minimum absolute atomic E-state index is 0.470. The van der Waals surface area contributed by atoms with Crippen LogP contribution in [0.25, 0.3) is 0 Å². The number of ether oxygens (including phenoxy) is 1. The molecule has 0 saturated heterocycles. The summed E-state index contributed by atoms with van der Waals surface area (Å²) in [4.78, 5) is 14.6. The molecule has 1 amide bonds. The highest BCUT2D eigenvalue weighted by Crippen LogP contribution is 2.32. The predicted molar refractivity (Wildman–Crippen MR) is 113 cm³/mol. The summed E-state index contributed by atoms with van der Waals surface area (Å²) in [5.74, 6) is 0.571. The second-order valence-corrected chi connectivity index (χ2v) is 7.26. The second-order valence-electron chi connectivity index (χ2n) is 7.26. The zero-order valence-corrected chi connectivity index (χ0v) is 16.2. The van der Waals surface area contributed by atoms with Crippen LogP contribution in [0.3, 0.4) is 0 Å². The third kappa shape index (κ3) is 4.01. The summed E-state index contributed by atoms with van der Waals surface area (Å²) < 4.78 is 5.50. The van der Waals surface area contributed by atoms with E-state index >= 15 is 0 Å². The molecule has 3 aromatic rings. The van der Waals surface area contributed by atoms with Crippen molar-refractivity contribution < 1.29 is 9.53 Å². The maximum absolute atomic E-state index is 12.2. The molecule has 0 aromatic heterocycles. The van der Waals surface area contributed by atoms with Crippen molar-refractivity contribution in [3.05, 3.63) is 89.0 Å². The molecule has 0 radical (unpaired) electrons. The van der Waals surface area contributed by atoms with Gasteiger partial charge in [-0.3, -0.25) is 5.32 Å². The Hall–Kier alpha value is -3.27. The van der Waals surface area contributed by atoms with Gasteiger partial charge in [-0.25, -0.2) is 4.79 Å². The van der Waals surface area contributed by atoms with Crippen LogP contribution in [0.1, 0.15) is 22.3 Å². The smallest absolute Gasteiger partial charge is 0.410 e. The van der Waals surface area contributed by atoms with Crippen LogP contribution in [-0.2, 0) is 13.0 Å². The fourth-order valence-electron chi connectivity index (χ4n) is 3.55. The fourth-order valence-corrected chi connectivity index (χ4v) is 3.55. The van der Waals surface area contributed by atoms with Crippen LogP contribution < -0.4 is 15.0 Å². The largest absolute Gasteiger partial charge is 0.417 e. The molecule has 0 fully saturated rings. The number of nitrogens with zero attached hydrogens (tertiary/aromatic N) is 1. The minimum Gasteiger partial charge on any atom is -0.410 e. The van der Waals surface area contributed by atoms with Gasteiger partial charge >= 0.3 is 6.09 Å². The van der Waals surface area contributed by atoms with Gasteiger partial charge in [0.15, 0.2) is 0 Å². The van der Waals surface area contributed by atoms with Gasteiger partial charge in [0, 0.05) is 24.5 Å². The van der Waals surface area contributed by atoms with Gasteiger partial charge in [0.25, 0.3) is 0 Å². The molecule has 0 bridgehead atoms. The molecule has 0 spiro atoms. The topological polar surface area (TPSA) is 41.6 Å². The first-order valence-electron chi connectivity index (χ1n) is 9.56. The lowest BCUT2D eigenvalue weighted by molar-refractivity contribution is 0.215. The van der Waals surface area contributed by atoms with E-state index < -0.39 is 6.09 Å². The number of hydrogen-bond donors (Lipinski definition) is 1. The highest BCUT2D eigenvalue weighted by atomic mass is 16.6. The second kappa shape index (κ2) is 7.77. The number of fused-ring (bicyclic) bond motifs is 1. The first-order valence-corrected chi connectivity index (χ1v) is 9.56. The number of amides is 1. The Labute approximate surface area is 165 Å². The SMILES string of the molecule is Cc1ccc(NC(=O)Oc2ccc3c(c2)CCN3Cc2ccccc2)cc1C. The molecule has 0 saturated carbocycles. The summed E-state index contributed by atoms with van der Waals surface area (Å²) in [6, 6.07) is 22.2. The lowest BCUT2D eigenvalue weighted by atomic mass is 10.1.